The summed E-state index contributed by atoms with van der Waals surface area (Å²) in [5.74, 6) is 2.02. The number of rotatable bonds is 5. The zero-order valence-electron chi connectivity index (χ0n) is 15.8. The zero-order valence-corrected chi connectivity index (χ0v) is 16.5. The van der Waals surface area contributed by atoms with Crippen molar-refractivity contribution in [3.63, 3.8) is 0 Å². The van der Waals surface area contributed by atoms with E-state index in [9.17, 15) is 4.79 Å². The summed E-state index contributed by atoms with van der Waals surface area (Å²) >= 11 is 6.03. The van der Waals surface area contributed by atoms with Crippen molar-refractivity contribution in [3.05, 3.63) is 53.2 Å². The van der Waals surface area contributed by atoms with Gasteiger partial charge in [-0.1, -0.05) is 17.7 Å². The van der Waals surface area contributed by atoms with E-state index >= 15 is 0 Å². The molecular weight excluding hydrogens is 358 g/mol. The van der Waals surface area contributed by atoms with E-state index in [-0.39, 0.29) is 11.8 Å². The minimum Gasteiger partial charge on any atom is -0.357 e. The Kier molecular flexibility index (Phi) is 5.35. The zero-order chi connectivity index (χ0) is 18.8. The fraction of sp³-hybridized carbons (Fsp3) is 0.455. The number of carbonyl (C=O) groups is 1. The lowest BCUT2D eigenvalue weighted by Crippen LogP contribution is -2.43. The van der Waals surface area contributed by atoms with Crippen LogP contribution in [-0.2, 0) is 4.79 Å². The molecule has 2 aliphatic rings. The largest absolute Gasteiger partial charge is 0.357 e. The first-order valence-electron chi connectivity index (χ1n) is 9.85. The Morgan fingerprint density at radius 1 is 1.11 bits per heavy atom. The number of aryl methyl sites for hydroxylation is 1. The first kappa shape index (κ1) is 18.3. The van der Waals surface area contributed by atoms with Crippen LogP contribution < -0.4 is 9.80 Å². The second-order valence-electron chi connectivity index (χ2n) is 7.82. The number of anilines is 2. The highest BCUT2D eigenvalue weighted by atomic mass is 35.5. The van der Waals surface area contributed by atoms with Crippen LogP contribution in [0, 0.1) is 18.8 Å². The molecular formula is C22H26ClN3O. The van der Waals surface area contributed by atoms with Gasteiger partial charge in [-0.2, -0.15) is 0 Å². The number of pyridine rings is 1. The standard InChI is InChI=1S/C22H26ClN3O/c1-16-2-9-21(24-14-16)25-12-10-18(11-13-25)22(27)26(15-17-3-4-17)20-7-5-19(23)6-8-20/h2,5-9,14,17-18H,3-4,10-13,15H2,1H3. The third-order valence-electron chi connectivity index (χ3n) is 5.61. The SMILES string of the molecule is Cc1ccc(N2CCC(C(=O)N(CC3CC3)c3ccc(Cl)cc3)CC2)nc1. The summed E-state index contributed by atoms with van der Waals surface area (Å²) in [5, 5.41) is 0.705. The second-order valence-corrected chi connectivity index (χ2v) is 8.26. The molecule has 0 atom stereocenters. The number of halogens is 1. The predicted octanol–water partition coefficient (Wildman–Crippen LogP) is 4.70. The number of hydrogen-bond acceptors (Lipinski definition) is 3. The molecule has 1 aromatic heterocycles. The third kappa shape index (κ3) is 4.44. The van der Waals surface area contributed by atoms with E-state index in [0.29, 0.717) is 10.9 Å². The van der Waals surface area contributed by atoms with E-state index in [1.165, 1.54) is 18.4 Å². The topological polar surface area (TPSA) is 36.4 Å². The Morgan fingerprint density at radius 3 is 2.41 bits per heavy atom. The molecule has 1 aliphatic carbocycles. The van der Waals surface area contributed by atoms with Crippen LogP contribution >= 0.6 is 11.6 Å². The highest BCUT2D eigenvalue weighted by Crippen LogP contribution is 2.33. The molecule has 0 radical (unpaired) electrons. The van der Waals surface area contributed by atoms with Crippen molar-refractivity contribution in [2.75, 3.05) is 29.4 Å². The number of carbonyl (C=O) groups excluding carboxylic acids is 1. The van der Waals surface area contributed by atoms with Crippen molar-refractivity contribution >= 4 is 29.0 Å². The Labute approximate surface area is 166 Å². The summed E-state index contributed by atoms with van der Waals surface area (Å²) in [4.78, 5) is 22.1. The molecule has 2 heterocycles. The first-order chi connectivity index (χ1) is 13.1. The molecule has 5 heteroatoms. The van der Waals surface area contributed by atoms with Gasteiger partial charge in [-0.3, -0.25) is 4.79 Å². The quantitative estimate of drug-likeness (QED) is 0.750. The third-order valence-corrected chi connectivity index (χ3v) is 5.86. The number of aromatic nitrogens is 1. The van der Waals surface area contributed by atoms with E-state index in [4.69, 9.17) is 11.6 Å². The normalized spacial score (nSPS) is 17.8. The van der Waals surface area contributed by atoms with E-state index in [2.05, 4.69) is 22.0 Å². The van der Waals surface area contributed by atoms with Crippen molar-refractivity contribution in [1.82, 2.24) is 4.98 Å². The van der Waals surface area contributed by atoms with Crippen LogP contribution in [0.25, 0.3) is 0 Å². The summed E-state index contributed by atoms with van der Waals surface area (Å²) in [5.41, 5.74) is 2.14. The molecule has 0 N–H and O–H groups in total. The summed E-state index contributed by atoms with van der Waals surface area (Å²) in [7, 11) is 0. The van der Waals surface area contributed by atoms with Gasteiger partial charge in [0, 0.05) is 42.5 Å². The molecule has 4 rings (SSSR count). The van der Waals surface area contributed by atoms with Gasteiger partial charge in [-0.05, 0) is 74.4 Å². The molecule has 1 saturated heterocycles. The van der Waals surface area contributed by atoms with E-state index in [1.54, 1.807) is 0 Å². The summed E-state index contributed by atoms with van der Waals surface area (Å²) in [6, 6.07) is 11.8. The van der Waals surface area contributed by atoms with Crippen LogP contribution in [0.4, 0.5) is 11.5 Å². The van der Waals surface area contributed by atoms with Gasteiger partial charge in [0.1, 0.15) is 5.82 Å². The van der Waals surface area contributed by atoms with Crippen LogP contribution in [-0.4, -0.2) is 30.5 Å². The van der Waals surface area contributed by atoms with Gasteiger partial charge in [-0.25, -0.2) is 4.98 Å². The minimum atomic E-state index is 0.0844. The number of benzene rings is 1. The van der Waals surface area contributed by atoms with Gasteiger partial charge in [0.25, 0.3) is 0 Å². The highest BCUT2D eigenvalue weighted by Gasteiger charge is 2.33. The van der Waals surface area contributed by atoms with Crippen LogP contribution in [0.15, 0.2) is 42.6 Å². The average molecular weight is 384 g/mol. The number of piperidine rings is 1. The molecule has 0 bridgehead atoms. The summed E-state index contributed by atoms with van der Waals surface area (Å²) in [6.07, 6.45) is 6.13. The van der Waals surface area contributed by atoms with Crippen molar-refractivity contribution in [2.45, 2.75) is 32.6 Å². The lowest BCUT2D eigenvalue weighted by molar-refractivity contribution is -0.123. The van der Waals surface area contributed by atoms with Gasteiger partial charge in [0.15, 0.2) is 0 Å². The van der Waals surface area contributed by atoms with E-state index < -0.39 is 0 Å². The van der Waals surface area contributed by atoms with Crippen molar-refractivity contribution in [3.8, 4) is 0 Å². The lowest BCUT2D eigenvalue weighted by Gasteiger charge is -2.35. The van der Waals surface area contributed by atoms with Gasteiger partial charge in [0.2, 0.25) is 5.91 Å². The molecule has 1 amide bonds. The maximum atomic E-state index is 13.3. The summed E-state index contributed by atoms with van der Waals surface area (Å²) in [6.45, 7) is 4.64. The fourth-order valence-corrected chi connectivity index (χ4v) is 3.85. The average Bonchev–Trinajstić information content (AvgIpc) is 3.51. The molecule has 142 valence electrons. The van der Waals surface area contributed by atoms with E-state index in [0.717, 1.165) is 44.0 Å². The van der Waals surface area contributed by atoms with E-state index in [1.807, 2.05) is 42.3 Å². The van der Waals surface area contributed by atoms with Crippen LogP contribution in [0.1, 0.15) is 31.2 Å². The monoisotopic (exact) mass is 383 g/mol. The molecule has 27 heavy (non-hydrogen) atoms. The van der Waals surface area contributed by atoms with Crippen molar-refractivity contribution in [1.29, 1.82) is 0 Å². The molecule has 1 aliphatic heterocycles. The highest BCUT2D eigenvalue weighted by molar-refractivity contribution is 6.30. The molecule has 2 fully saturated rings. The maximum Gasteiger partial charge on any atom is 0.230 e. The maximum absolute atomic E-state index is 13.3. The second kappa shape index (κ2) is 7.89. The Hall–Kier alpha value is -2.07. The van der Waals surface area contributed by atoms with Crippen LogP contribution in [0.3, 0.4) is 0 Å². The van der Waals surface area contributed by atoms with Crippen LogP contribution in [0.5, 0.6) is 0 Å². The van der Waals surface area contributed by atoms with Gasteiger partial charge in [-0.15, -0.1) is 0 Å². The fourth-order valence-electron chi connectivity index (χ4n) is 3.73. The lowest BCUT2D eigenvalue weighted by atomic mass is 9.94. The van der Waals surface area contributed by atoms with Gasteiger partial charge < -0.3 is 9.80 Å². The number of amides is 1. The molecule has 2 aromatic rings. The molecule has 0 unspecified atom stereocenters. The molecule has 1 saturated carbocycles. The Bertz CT molecular complexity index is 778. The summed E-state index contributed by atoms with van der Waals surface area (Å²) < 4.78 is 0. The first-order valence-corrected chi connectivity index (χ1v) is 10.2. The Balaban J connectivity index is 1.43. The predicted molar refractivity (Wildman–Crippen MR) is 110 cm³/mol. The van der Waals surface area contributed by atoms with Crippen LogP contribution in [0.2, 0.25) is 5.02 Å². The molecule has 0 spiro atoms. The molecule has 1 aromatic carbocycles. The number of hydrogen-bond donors (Lipinski definition) is 0. The molecule has 4 nitrogen and oxygen atoms in total. The smallest absolute Gasteiger partial charge is 0.230 e. The number of nitrogens with zero attached hydrogens (tertiary/aromatic N) is 3. The van der Waals surface area contributed by atoms with Crippen molar-refractivity contribution < 1.29 is 4.79 Å². The van der Waals surface area contributed by atoms with Gasteiger partial charge >= 0.3 is 0 Å². The van der Waals surface area contributed by atoms with Crippen molar-refractivity contribution in [2.24, 2.45) is 11.8 Å². The van der Waals surface area contributed by atoms with Gasteiger partial charge in [0.05, 0.1) is 0 Å². The Morgan fingerprint density at radius 2 is 1.81 bits per heavy atom. The minimum absolute atomic E-state index is 0.0844.